The second-order valence-corrected chi connectivity index (χ2v) is 8.20. The van der Waals surface area contributed by atoms with Gasteiger partial charge in [-0.25, -0.2) is 0 Å². The number of ether oxygens (including phenoxy) is 1. The Bertz CT molecular complexity index is 973. The molecule has 0 radical (unpaired) electrons. The number of halogens is 1. The van der Waals surface area contributed by atoms with Gasteiger partial charge in [0, 0.05) is 17.8 Å². The number of nitrogens with one attached hydrogen (secondary N) is 1. The van der Waals surface area contributed by atoms with Gasteiger partial charge >= 0.3 is 0 Å². The number of carbonyl (C=O) groups excluding carboxylic acids is 1. The van der Waals surface area contributed by atoms with Crippen LogP contribution in [0.3, 0.4) is 0 Å². The van der Waals surface area contributed by atoms with Gasteiger partial charge in [0.2, 0.25) is 5.91 Å². The second kappa shape index (κ2) is 9.80. The molecule has 0 atom stereocenters. The van der Waals surface area contributed by atoms with Crippen molar-refractivity contribution in [3.63, 3.8) is 0 Å². The number of aromatic nitrogens is 3. The Labute approximate surface area is 179 Å². The monoisotopic (exact) mass is 430 g/mol. The van der Waals surface area contributed by atoms with Crippen LogP contribution in [0, 0.1) is 0 Å². The minimum absolute atomic E-state index is 0.136. The summed E-state index contributed by atoms with van der Waals surface area (Å²) >= 11 is 7.25. The van der Waals surface area contributed by atoms with E-state index in [9.17, 15) is 4.79 Å². The first-order valence-electron chi connectivity index (χ1n) is 9.21. The maximum atomic E-state index is 12.1. The third-order valence-electron chi connectivity index (χ3n) is 4.28. The molecule has 6 nitrogen and oxygen atoms in total. The molecule has 8 heteroatoms. The molecule has 3 rings (SSSR count). The maximum absolute atomic E-state index is 12.1. The largest absolute Gasteiger partial charge is 0.486 e. The molecule has 0 spiro atoms. The van der Waals surface area contributed by atoms with Crippen molar-refractivity contribution in [3.05, 3.63) is 64.9 Å². The SMILES string of the molecule is CC(C)c1ccc(OCc2nnc(SCC(=O)Nc3cccc(Cl)c3)n2C)cc1. The van der Waals surface area contributed by atoms with Crippen LogP contribution < -0.4 is 10.1 Å². The molecule has 0 unspecified atom stereocenters. The van der Waals surface area contributed by atoms with Gasteiger partial charge in [0.05, 0.1) is 5.75 Å². The van der Waals surface area contributed by atoms with E-state index in [-0.39, 0.29) is 11.7 Å². The minimum atomic E-state index is -0.136. The van der Waals surface area contributed by atoms with E-state index in [1.165, 1.54) is 17.3 Å². The molecule has 0 aliphatic carbocycles. The number of benzene rings is 2. The van der Waals surface area contributed by atoms with Crippen LogP contribution in [0.15, 0.2) is 53.7 Å². The topological polar surface area (TPSA) is 69.0 Å². The number of nitrogens with zero attached hydrogens (tertiary/aromatic N) is 3. The smallest absolute Gasteiger partial charge is 0.234 e. The normalized spacial score (nSPS) is 10.9. The maximum Gasteiger partial charge on any atom is 0.234 e. The highest BCUT2D eigenvalue weighted by Crippen LogP contribution is 2.21. The fraction of sp³-hybridized carbons (Fsp3) is 0.286. The van der Waals surface area contributed by atoms with E-state index in [0.29, 0.717) is 34.2 Å². The summed E-state index contributed by atoms with van der Waals surface area (Å²) < 4.78 is 7.65. The van der Waals surface area contributed by atoms with Gasteiger partial charge in [0.15, 0.2) is 11.0 Å². The Morgan fingerprint density at radius 2 is 1.97 bits per heavy atom. The fourth-order valence-electron chi connectivity index (χ4n) is 2.59. The van der Waals surface area contributed by atoms with Gasteiger partial charge in [-0.15, -0.1) is 10.2 Å². The summed E-state index contributed by atoms with van der Waals surface area (Å²) in [5, 5.41) is 12.4. The highest BCUT2D eigenvalue weighted by atomic mass is 35.5. The van der Waals surface area contributed by atoms with Crippen LogP contribution in [0.2, 0.25) is 5.02 Å². The zero-order valence-electron chi connectivity index (χ0n) is 16.6. The summed E-state index contributed by atoms with van der Waals surface area (Å²) in [6.07, 6.45) is 0. The third kappa shape index (κ3) is 5.98. The van der Waals surface area contributed by atoms with Crippen molar-refractivity contribution in [1.29, 1.82) is 0 Å². The zero-order valence-corrected chi connectivity index (χ0v) is 18.1. The van der Waals surface area contributed by atoms with Gasteiger partial charge in [0.1, 0.15) is 12.4 Å². The van der Waals surface area contributed by atoms with E-state index >= 15 is 0 Å². The van der Waals surface area contributed by atoms with Crippen molar-refractivity contribution in [3.8, 4) is 5.75 Å². The average molecular weight is 431 g/mol. The lowest BCUT2D eigenvalue weighted by molar-refractivity contribution is -0.113. The molecule has 0 fully saturated rings. The van der Waals surface area contributed by atoms with E-state index in [1.54, 1.807) is 24.3 Å². The van der Waals surface area contributed by atoms with Gasteiger partial charge < -0.3 is 14.6 Å². The van der Waals surface area contributed by atoms with Gasteiger partial charge in [-0.1, -0.05) is 55.4 Å². The van der Waals surface area contributed by atoms with Crippen molar-refractivity contribution >= 4 is 35.0 Å². The second-order valence-electron chi connectivity index (χ2n) is 6.82. The molecule has 152 valence electrons. The van der Waals surface area contributed by atoms with Crippen LogP contribution in [0.4, 0.5) is 5.69 Å². The first-order valence-corrected chi connectivity index (χ1v) is 10.6. The van der Waals surface area contributed by atoms with Gasteiger partial charge in [-0.3, -0.25) is 4.79 Å². The van der Waals surface area contributed by atoms with Gasteiger partial charge in [0.25, 0.3) is 0 Å². The van der Waals surface area contributed by atoms with Crippen LogP contribution in [-0.4, -0.2) is 26.4 Å². The van der Waals surface area contributed by atoms with Crippen LogP contribution >= 0.6 is 23.4 Å². The molecular weight excluding hydrogens is 408 g/mol. The van der Waals surface area contributed by atoms with Crippen molar-refractivity contribution in [2.24, 2.45) is 7.05 Å². The number of amides is 1. The predicted octanol–water partition coefficient (Wildman–Crippen LogP) is 4.90. The molecule has 3 aromatic rings. The van der Waals surface area contributed by atoms with Crippen LogP contribution in [0.25, 0.3) is 0 Å². The third-order valence-corrected chi connectivity index (χ3v) is 5.54. The molecule has 29 heavy (non-hydrogen) atoms. The minimum Gasteiger partial charge on any atom is -0.486 e. The van der Waals surface area contributed by atoms with Crippen LogP contribution in [0.1, 0.15) is 31.2 Å². The Balaban J connectivity index is 1.51. The molecule has 0 saturated heterocycles. The number of rotatable bonds is 8. The van der Waals surface area contributed by atoms with E-state index in [2.05, 4.69) is 41.5 Å². The number of anilines is 1. The summed E-state index contributed by atoms with van der Waals surface area (Å²) in [4.78, 5) is 12.1. The molecule has 0 aliphatic heterocycles. The first-order chi connectivity index (χ1) is 13.9. The van der Waals surface area contributed by atoms with Gasteiger partial charge in [-0.05, 0) is 41.8 Å². The lowest BCUT2D eigenvalue weighted by atomic mass is 10.0. The van der Waals surface area contributed by atoms with E-state index in [4.69, 9.17) is 16.3 Å². The summed E-state index contributed by atoms with van der Waals surface area (Å²) in [7, 11) is 1.86. The highest BCUT2D eigenvalue weighted by molar-refractivity contribution is 7.99. The Kier molecular flexibility index (Phi) is 7.17. The lowest BCUT2D eigenvalue weighted by Crippen LogP contribution is -2.14. The average Bonchev–Trinajstić information content (AvgIpc) is 3.04. The molecular formula is C21H23ClN4O2S. The van der Waals surface area contributed by atoms with Crippen LogP contribution in [0.5, 0.6) is 5.75 Å². The number of carbonyl (C=O) groups is 1. The summed E-state index contributed by atoms with van der Waals surface area (Å²) in [5.74, 6) is 2.04. The van der Waals surface area contributed by atoms with Crippen molar-refractivity contribution < 1.29 is 9.53 Å². The van der Waals surface area contributed by atoms with Crippen molar-refractivity contribution in [2.75, 3.05) is 11.1 Å². The highest BCUT2D eigenvalue weighted by Gasteiger charge is 2.12. The number of hydrogen-bond acceptors (Lipinski definition) is 5. The van der Waals surface area contributed by atoms with E-state index < -0.39 is 0 Å². The van der Waals surface area contributed by atoms with Crippen molar-refractivity contribution in [1.82, 2.24) is 14.8 Å². The fourth-order valence-corrected chi connectivity index (χ4v) is 3.51. The Hall–Kier alpha value is -2.51. The Morgan fingerprint density at radius 1 is 1.21 bits per heavy atom. The number of thioether (sulfide) groups is 1. The summed E-state index contributed by atoms with van der Waals surface area (Å²) in [6.45, 7) is 4.62. The molecule has 0 bridgehead atoms. The predicted molar refractivity (Wildman–Crippen MR) is 117 cm³/mol. The molecule has 1 N–H and O–H groups in total. The van der Waals surface area contributed by atoms with Crippen LogP contribution in [-0.2, 0) is 18.4 Å². The molecule has 1 aromatic heterocycles. The quantitative estimate of drug-likeness (QED) is 0.514. The lowest BCUT2D eigenvalue weighted by Gasteiger charge is -2.09. The summed E-state index contributed by atoms with van der Waals surface area (Å²) in [6, 6.07) is 15.1. The van der Waals surface area contributed by atoms with Gasteiger partial charge in [-0.2, -0.15) is 0 Å². The zero-order chi connectivity index (χ0) is 20.8. The molecule has 0 saturated carbocycles. The van der Waals surface area contributed by atoms with E-state index in [0.717, 1.165) is 5.75 Å². The molecule has 1 amide bonds. The van der Waals surface area contributed by atoms with E-state index in [1.807, 2.05) is 23.7 Å². The molecule has 2 aromatic carbocycles. The first kappa shape index (κ1) is 21.2. The Morgan fingerprint density at radius 3 is 2.66 bits per heavy atom. The van der Waals surface area contributed by atoms with Crippen molar-refractivity contribution in [2.45, 2.75) is 31.5 Å². The standard InChI is InChI=1S/C21H23ClN4O2S/c1-14(2)15-7-9-18(10-8-15)28-12-19-24-25-21(26(19)3)29-13-20(27)23-17-6-4-5-16(22)11-17/h4-11,14H,12-13H2,1-3H3,(H,23,27). The summed E-state index contributed by atoms with van der Waals surface area (Å²) in [5.41, 5.74) is 1.93. The number of hydrogen-bond donors (Lipinski definition) is 1. The molecule has 1 heterocycles. The molecule has 0 aliphatic rings.